The van der Waals surface area contributed by atoms with E-state index in [1.807, 2.05) is 0 Å². The molecule has 0 saturated carbocycles. The molecule has 1 radical (unpaired) electrons. The Morgan fingerprint density at radius 3 is 3.00 bits per heavy atom. The Bertz CT molecular complexity index is 364. The van der Waals surface area contributed by atoms with E-state index in [-0.39, 0.29) is 25.4 Å². The van der Waals surface area contributed by atoms with E-state index in [1.54, 1.807) is 0 Å². The Morgan fingerprint density at radius 2 is 2.44 bits per heavy atom. The molecule has 7 heteroatoms. The largest absolute Gasteiger partial charge is 0.394 e. The molecule has 1 heterocycles. The molecule has 16 heavy (non-hydrogen) atoms. The maximum absolute atomic E-state index is 11.3. The zero-order valence-electron chi connectivity index (χ0n) is 8.76. The summed E-state index contributed by atoms with van der Waals surface area (Å²) in [6.45, 7) is 3.56. The topological polar surface area (TPSA) is 113 Å². The highest BCUT2D eigenvalue weighted by atomic mass is 16.3. The highest BCUT2D eigenvalue weighted by Gasteiger charge is 2.15. The summed E-state index contributed by atoms with van der Waals surface area (Å²) in [5.74, 6) is -0.344. The van der Waals surface area contributed by atoms with Gasteiger partial charge in [0, 0.05) is 0 Å². The van der Waals surface area contributed by atoms with Crippen molar-refractivity contribution >= 4 is 17.4 Å². The molecule has 0 fully saturated rings. The lowest BCUT2D eigenvalue weighted by molar-refractivity contribution is -0.123. The molecule has 0 unspecified atom stereocenters. The highest BCUT2D eigenvalue weighted by Crippen LogP contribution is 2.17. The van der Waals surface area contributed by atoms with Crippen LogP contribution in [-0.4, -0.2) is 38.6 Å². The minimum absolute atomic E-state index is 0.0799. The van der Waals surface area contributed by atoms with Crippen LogP contribution >= 0.6 is 0 Å². The van der Waals surface area contributed by atoms with E-state index in [4.69, 9.17) is 10.8 Å². The van der Waals surface area contributed by atoms with Crippen LogP contribution in [-0.2, 0) is 11.3 Å². The number of carbonyl (C=O) groups excluding carboxylic acids is 1. The lowest BCUT2D eigenvalue weighted by Crippen LogP contribution is -2.27. The third-order valence-corrected chi connectivity index (χ3v) is 2.03. The zero-order chi connectivity index (χ0) is 12.1. The number of aliphatic hydroxyl groups is 2. The second-order valence-electron chi connectivity index (χ2n) is 3.18. The standard InChI is InChI=1S/C9H15N4O3/c1-2-7(15)9(16)12-6-5-11-13(3-4-14)8(6)10/h5,7,14-15H,1-4,10H2,(H,12,16)/t7-/m0/s1. The van der Waals surface area contributed by atoms with Crippen LogP contribution in [0.15, 0.2) is 6.20 Å². The number of hydrogen-bond donors (Lipinski definition) is 4. The van der Waals surface area contributed by atoms with Crippen molar-refractivity contribution in [3.05, 3.63) is 13.1 Å². The highest BCUT2D eigenvalue weighted by molar-refractivity contribution is 5.95. The molecule has 1 aromatic heterocycles. The lowest BCUT2D eigenvalue weighted by atomic mass is 10.2. The van der Waals surface area contributed by atoms with Crippen molar-refractivity contribution in [1.29, 1.82) is 0 Å². The molecule has 0 aliphatic carbocycles. The Balaban J connectivity index is 2.71. The Kier molecular flexibility index (Phi) is 4.27. The normalized spacial score (nSPS) is 12.4. The number of nitrogens with zero attached hydrogens (tertiary/aromatic N) is 2. The first-order valence-corrected chi connectivity index (χ1v) is 4.80. The quantitative estimate of drug-likeness (QED) is 0.514. The van der Waals surface area contributed by atoms with E-state index in [1.165, 1.54) is 10.9 Å². The van der Waals surface area contributed by atoms with Gasteiger partial charge in [0.15, 0.2) is 0 Å². The average Bonchev–Trinajstić information content (AvgIpc) is 2.61. The number of nitrogen functional groups attached to an aromatic ring is 1. The molecule has 7 nitrogen and oxygen atoms in total. The van der Waals surface area contributed by atoms with Crippen molar-refractivity contribution in [3.63, 3.8) is 0 Å². The van der Waals surface area contributed by atoms with Gasteiger partial charge in [-0.1, -0.05) is 6.92 Å². The molecule has 0 bridgehead atoms. The van der Waals surface area contributed by atoms with Crippen LogP contribution in [0.2, 0.25) is 0 Å². The maximum Gasteiger partial charge on any atom is 0.253 e. The second-order valence-corrected chi connectivity index (χ2v) is 3.18. The van der Waals surface area contributed by atoms with Crippen LogP contribution in [0.5, 0.6) is 0 Å². The Morgan fingerprint density at radius 1 is 1.75 bits per heavy atom. The van der Waals surface area contributed by atoms with E-state index in [0.717, 1.165) is 0 Å². The molecule has 0 aromatic carbocycles. The van der Waals surface area contributed by atoms with Crippen LogP contribution < -0.4 is 11.1 Å². The van der Waals surface area contributed by atoms with Crippen LogP contribution in [0.4, 0.5) is 11.5 Å². The lowest BCUT2D eigenvalue weighted by Gasteiger charge is -2.08. The van der Waals surface area contributed by atoms with Crippen molar-refractivity contribution in [1.82, 2.24) is 9.78 Å². The molecule has 89 valence electrons. The summed E-state index contributed by atoms with van der Waals surface area (Å²) in [7, 11) is 0. The molecule has 1 rings (SSSR count). The SMILES string of the molecule is [CH2]C[C@H](O)C(=O)Nc1cnn(CCO)c1N. The van der Waals surface area contributed by atoms with Gasteiger partial charge in [0.1, 0.15) is 17.6 Å². The van der Waals surface area contributed by atoms with E-state index < -0.39 is 12.0 Å². The van der Waals surface area contributed by atoms with Gasteiger partial charge in [0.05, 0.1) is 19.3 Å². The number of hydrogen-bond acceptors (Lipinski definition) is 5. The summed E-state index contributed by atoms with van der Waals surface area (Å²) >= 11 is 0. The predicted octanol–water partition coefficient (Wildman–Crippen LogP) is -1.02. The fourth-order valence-electron chi connectivity index (χ4n) is 1.11. The summed E-state index contributed by atoms with van der Waals surface area (Å²) in [5.41, 5.74) is 5.97. The molecule has 1 amide bonds. The van der Waals surface area contributed by atoms with E-state index in [0.29, 0.717) is 5.69 Å². The van der Waals surface area contributed by atoms with Gasteiger partial charge in [0.25, 0.3) is 5.91 Å². The number of carbonyl (C=O) groups is 1. The number of rotatable bonds is 5. The minimum atomic E-state index is -1.17. The zero-order valence-corrected chi connectivity index (χ0v) is 8.76. The van der Waals surface area contributed by atoms with Crippen molar-refractivity contribution < 1.29 is 15.0 Å². The molecule has 1 aromatic rings. The smallest absolute Gasteiger partial charge is 0.253 e. The average molecular weight is 227 g/mol. The van der Waals surface area contributed by atoms with Gasteiger partial charge in [-0.2, -0.15) is 5.10 Å². The summed E-state index contributed by atoms with van der Waals surface area (Å²) in [5, 5.41) is 24.2. The van der Waals surface area contributed by atoms with Crippen LogP contribution in [0, 0.1) is 6.92 Å². The number of amides is 1. The van der Waals surface area contributed by atoms with E-state index in [2.05, 4.69) is 17.3 Å². The maximum atomic E-state index is 11.3. The number of aromatic nitrogens is 2. The molecule has 0 aliphatic rings. The number of anilines is 2. The van der Waals surface area contributed by atoms with E-state index in [9.17, 15) is 9.90 Å². The van der Waals surface area contributed by atoms with Gasteiger partial charge in [-0.25, -0.2) is 4.68 Å². The first-order chi connectivity index (χ1) is 7.60. The molecule has 0 saturated heterocycles. The first-order valence-electron chi connectivity index (χ1n) is 4.80. The second kappa shape index (κ2) is 5.47. The third kappa shape index (κ3) is 2.71. The van der Waals surface area contributed by atoms with Gasteiger partial charge in [-0.05, 0) is 6.42 Å². The summed E-state index contributed by atoms with van der Waals surface area (Å²) in [6.07, 6.45) is 0.274. The summed E-state index contributed by atoms with van der Waals surface area (Å²) < 4.78 is 1.35. The van der Waals surface area contributed by atoms with Crippen LogP contribution in [0.3, 0.4) is 0 Å². The van der Waals surface area contributed by atoms with Crippen LogP contribution in [0.1, 0.15) is 6.42 Å². The number of nitrogens with one attached hydrogen (secondary N) is 1. The predicted molar refractivity (Wildman–Crippen MR) is 58.3 cm³/mol. The minimum Gasteiger partial charge on any atom is -0.394 e. The van der Waals surface area contributed by atoms with Crippen molar-refractivity contribution in [2.45, 2.75) is 19.1 Å². The van der Waals surface area contributed by atoms with Gasteiger partial charge in [-0.3, -0.25) is 4.79 Å². The van der Waals surface area contributed by atoms with Crippen molar-refractivity contribution in [2.75, 3.05) is 17.7 Å². The Hall–Kier alpha value is -1.60. The molecular formula is C9H15N4O3. The van der Waals surface area contributed by atoms with Crippen molar-refractivity contribution in [3.8, 4) is 0 Å². The van der Waals surface area contributed by atoms with Gasteiger partial charge < -0.3 is 21.3 Å². The number of aliphatic hydroxyl groups excluding tert-OH is 2. The van der Waals surface area contributed by atoms with Gasteiger partial charge >= 0.3 is 0 Å². The van der Waals surface area contributed by atoms with Gasteiger partial charge in [-0.15, -0.1) is 0 Å². The monoisotopic (exact) mass is 227 g/mol. The molecular weight excluding hydrogens is 212 g/mol. The number of nitrogens with two attached hydrogens (primary N) is 1. The molecule has 5 N–H and O–H groups in total. The molecule has 1 atom stereocenters. The molecule has 0 aliphatic heterocycles. The van der Waals surface area contributed by atoms with E-state index >= 15 is 0 Å². The van der Waals surface area contributed by atoms with Crippen LogP contribution in [0.25, 0.3) is 0 Å². The summed E-state index contributed by atoms with van der Waals surface area (Å²) in [4.78, 5) is 11.3. The fraction of sp³-hybridized carbons (Fsp3) is 0.444. The fourth-order valence-corrected chi connectivity index (χ4v) is 1.11. The third-order valence-electron chi connectivity index (χ3n) is 2.03. The first kappa shape index (κ1) is 12.5. The van der Waals surface area contributed by atoms with Crippen molar-refractivity contribution in [2.24, 2.45) is 0 Å². The summed E-state index contributed by atoms with van der Waals surface area (Å²) in [6, 6.07) is 0. The Labute approximate surface area is 92.9 Å². The van der Waals surface area contributed by atoms with Gasteiger partial charge in [0.2, 0.25) is 0 Å². The molecule has 0 spiro atoms.